The molecule has 1 aliphatic heterocycles. The smallest absolute Gasteiger partial charge is 0.242 e. The molecule has 0 spiro atoms. The Hall–Kier alpha value is -3.47. The third-order valence-electron chi connectivity index (χ3n) is 11.3. The predicted molar refractivity (Wildman–Crippen MR) is 223 cm³/mol. The Morgan fingerprint density at radius 1 is 1.04 bits per heavy atom. The van der Waals surface area contributed by atoms with Crippen LogP contribution in [-0.2, 0) is 39.8 Å². The molecule has 0 radical (unpaired) electrons. The maximum Gasteiger partial charge on any atom is 0.242 e. The first-order valence-electron chi connectivity index (χ1n) is 20.4. The van der Waals surface area contributed by atoms with Crippen LogP contribution in [0.4, 0.5) is 0 Å². The molecular weight excluding hydrogens is 747 g/mol. The van der Waals surface area contributed by atoms with Crippen LogP contribution in [0.15, 0.2) is 41.9 Å². The molecule has 0 aliphatic carbocycles. The molecule has 14 nitrogen and oxygen atoms in total. The number of nitrogens with one attached hydrogen (secondary N) is 2. The SMILES string of the molecule is CCC(C)C(C(CC(=O)N1CCCC1C(OC)C(C)C(=O)NC(Cc1ccccc1)c1nccs1)OC)N(C)C(=O)CNC(=O)C(C(C)C)N(C)CCOCCN. The van der Waals surface area contributed by atoms with E-state index < -0.39 is 30.2 Å². The summed E-state index contributed by atoms with van der Waals surface area (Å²) < 4.78 is 17.5. The Labute approximate surface area is 344 Å². The van der Waals surface area contributed by atoms with E-state index in [2.05, 4.69) is 15.6 Å². The van der Waals surface area contributed by atoms with Crippen LogP contribution in [0.25, 0.3) is 0 Å². The van der Waals surface area contributed by atoms with E-state index in [0.29, 0.717) is 45.7 Å². The second-order valence-electron chi connectivity index (χ2n) is 15.6. The summed E-state index contributed by atoms with van der Waals surface area (Å²) in [6.07, 6.45) is 3.43. The van der Waals surface area contributed by atoms with E-state index in [1.54, 1.807) is 32.4 Å². The van der Waals surface area contributed by atoms with Gasteiger partial charge in [0, 0.05) is 52.5 Å². The van der Waals surface area contributed by atoms with Crippen LogP contribution in [0.5, 0.6) is 0 Å². The zero-order chi connectivity index (χ0) is 42.1. The lowest BCUT2D eigenvalue weighted by atomic mass is 9.90. The zero-order valence-corrected chi connectivity index (χ0v) is 36.5. The number of carbonyl (C=O) groups excluding carboxylic acids is 4. The van der Waals surface area contributed by atoms with E-state index in [0.717, 1.165) is 23.4 Å². The summed E-state index contributed by atoms with van der Waals surface area (Å²) in [4.78, 5) is 65.0. The summed E-state index contributed by atoms with van der Waals surface area (Å²) in [5, 5.41) is 8.81. The number of likely N-dealkylation sites (N-methyl/N-ethyl adjacent to an activating group) is 2. The summed E-state index contributed by atoms with van der Waals surface area (Å²) in [6, 6.07) is 8.48. The van der Waals surface area contributed by atoms with Gasteiger partial charge in [-0.25, -0.2) is 4.98 Å². The van der Waals surface area contributed by atoms with Gasteiger partial charge in [-0.2, -0.15) is 0 Å². The number of aromatic nitrogens is 1. The van der Waals surface area contributed by atoms with Gasteiger partial charge < -0.3 is 40.4 Å². The topological polar surface area (TPSA) is 169 Å². The van der Waals surface area contributed by atoms with Gasteiger partial charge in [0.05, 0.1) is 68.5 Å². The average Bonchev–Trinajstić information content (AvgIpc) is 3.92. The first kappa shape index (κ1) is 47.9. The van der Waals surface area contributed by atoms with E-state index in [-0.39, 0.29) is 60.5 Å². The molecule has 320 valence electrons. The number of ether oxygens (including phenoxy) is 3. The van der Waals surface area contributed by atoms with Crippen molar-refractivity contribution < 1.29 is 33.4 Å². The summed E-state index contributed by atoms with van der Waals surface area (Å²) in [6.45, 7) is 12.1. The van der Waals surface area contributed by atoms with Crippen LogP contribution >= 0.6 is 11.3 Å². The van der Waals surface area contributed by atoms with Gasteiger partial charge >= 0.3 is 0 Å². The minimum atomic E-state index is -0.611. The molecule has 4 N–H and O–H groups in total. The lowest BCUT2D eigenvalue weighted by molar-refractivity contribution is -0.146. The van der Waals surface area contributed by atoms with E-state index in [4.69, 9.17) is 19.9 Å². The molecule has 8 atom stereocenters. The van der Waals surface area contributed by atoms with E-state index in [1.165, 1.54) is 11.3 Å². The van der Waals surface area contributed by atoms with Crippen molar-refractivity contribution in [2.24, 2.45) is 23.5 Å². The van der Waals surface area contributed by atoms with Crippen molar-refractivity contribution >= 4 is 35.0 Å². The van der Waals surface area contributed by atoms with E-state index >= 15 is 0 Å². The lowest BCUT2D eigenvalue weighted by Gasteiger charge is -2.39. The van der Waals surface area contributed by atoms with Crippen molar-refractivity contribution in [2.45, 2.75) is 103 Å². The van der Waals surface area contributed by atoms with Crippen molar-refractivity contribution in [3.63, 3.8) is 0 Å². The quantitative estimate of drug-likeness (QED) is 0.126. The van der Waals surface area contributed by atoms with Crippen LogP contribution in [0, 0.1) is 17.8 Å². The van der Waals surface area contributed by atoms with Crippen LogP contribution in [-0.4, -0.2) is 141 Å². The number of carbonyl (C=O) groups is 4. The number of rotatable bonds is 25. The van der Waals surface area contributed by atoms with Gasteiger partial charge in [0.15, 0.2) is 0 Å². The number of thiazole rings is 1. The van der Waals surface area contributed by atoms with E-state index in [9.17, 15) is 19.2 Å². The molecule has 0 bridgehead atoms. The third-order valence-corrected chi connectivity index (χ3v) is 12.2. The molecule has 1 aromatic carbocycles. The van der Waals surface area contributed by atoms with Gasteiger partial charge in [-0.3, -0.25) is 24.1 Å². The largest absolute Gasteiger partial charge is 0.379 e. The molecule has 57 heavy (non-hydrogen) atoms. The second-order valence-corrected chi connectivity index (χ2v) is 16.5. The zero-order valence-electron chi connectivity index (χ0n) is 35.6. The summed E-state index contributed by atoms with van der Waals surface area (Å²) >= 11 is 1.50. The monoisotopic (exact) mass is 815 g/mol. The second kappa shape index (κ2) is 24.5. The summed E-state index contributed by atoms with van der Waals surface area (Å²) in [5.41, 5.74) is 6.61. The number of likely N-dealkylation sites (tertiary alicyclic amines) is 1. The van der Waals surface area contributed by atoms with Crippen molar-refractivity contribution in [3.8, 4) is 0 Å². The molecule has 1 saturated heterocycles. The average molecular weight is 816 g/mol. The van der Waals surface area contributed by atoms with Crippen molar-refractivity contribution in [3.05, 3.63) is 52.5 Å². The highest BCUT2D eigenvalue weighted by Crippen LogP contribution is 2.30. The molecule has 15 heteroatoms. The van der Waals surface area contributed by atoms with Crippen molar-refractivity contribution in [1.82, 2.24) is 30.3 Å². The minimum Gasteiger partial charge on any atom is -0.379 e. The number of hydrogen-bond donors (Lipinski definition) is 3. The van der Waals surface area contributed by atoms with Crippen molar-refractivity contribution in [2.75, 3.05) is 67.7 Å². The Balaban J connectivity index is 1.69. The van der Waals surface area contributed by atoms with Gasteiger partial charge in [-0.05, 0) is 43.7 Å². The highest BCUT2D eigenvalue weighted by molar-refractivity contribution is 7.09. The van der Waals surface area contributed by atoms with Crippen LogP contribution < -0.4 is 16.4 Å². The van der Waals surface area contributed by atoms with Gasteiger partial charge in [0.2, 0.25) is 23.6 Å². The van der Waals surface area contributed by atoms with Crippen molar-refractivity contribution in [1.29, 1.82) is 0 Å². The predicted octanol–water partition coefficient (Wildman–Crippen LogP) is 3.51. The standard InChI is InChI=1S/C42H69N7O7S/c1-10-29(4)38(48(7)36(51)27-45-41(53)37(28(2)3)47(6)21-23-56-22-18-43)34(54-8)26-35(50)49-20-14-17-33(49)39(55-9)30(5)40(52)46-32(42-44-19-24-57-42)25-31-15-12-11-13-16-31/h11-13,15-16,19,24,28-30,32-34,37-39H,10,14,17-18,20-23,25-27,43H2,1-9H3,(H,45,53)(H,46,52). The number of hydrogen-bond acceptors (Lipinski definition) is 11. The Morgan fingerprint density at radius 3 is 2.35 bits per heavy atom. The normalized spacial score (nSPS) is 18.1. The number of nitrogens with two attached hydrogens (primary N) is 1. The molecule has 3 rings (SSSR count). The molecule has 2 aromatic rings. The number of benzene rings is 1. The molecule has 4 amide bonds. The van der Waals surface area contributed by atoms with Gasteiger partial charge in [0.25, 0.3) is 0 Å². The highest BCUT2D eigenvalue weighted by Gasteiger charge is 2.42. The minimum absolute atomic E-state index is 0.00124. The molecular formula is C42H69N7O7S. The Kier molecular flexibility index (Phi) is 20.5. The maximum atomic E-state index is 14.2. The van der Waals surface area contributed by atoms with Gasteiger partial charge in [-0.1, -0.05) is 71.4 Å². The van der Waals surface area contributed by atoms with Crippen LogP contribution in [0.1, 0.15) is 76.9 Å². The maximum absolute atomic E-state index is 14.2. The molecule has 2 heterocycles. The third kappa shape index (κ3) is 13.8. The summed E-state index contributed by atoms with van der Waals surface area (Å²) in [5.74, 6) is -1.38. The lowest BCUT2D eigenvalue weighted by Crippen LogP contribution is -2.55. The first-order chi connectivity index (χ1) is 27.3. The fourth-order valence-corrected chi connectivity index (χ4v) is 8.71. The Bertz CT molecular complexity index is 1500. The number of methoxy groups -OCH3 is 2. The van der Waals surface area contributed by atoms with E-state index in [1.807, 2.05) is 87.2 Å². The number of amides is 4. The fraction of sp³-hybridized carbons (Fsp3) is 0.690. The van der Waals surface area contributed by atoms with Gasteiger partial charge in [-0.15, -0.1) is 11.3 Å². The first-order valence-corrected chi connectivity index (χ1v) is 21.3. The molecule has 1 fully saturated rings. The molecule has 1 aliphatic rings. The molecule has 8 unspecified atom stereocenters. The van der Waals surface area contributed by atoms with Crippen LogP contribution in [0.3, 0.4) is 0 Å². The van der Waals surface area contributed by atoms with Gasteiger partial charge in [0.1, 0.15) is 5.01 Å². The molecule has 0 saturated carbocycles. The van der Waals surface area contributed by atoms with Crippen LogP contribution in [0.2, 0.25) is 0 Å². The number of nitrogens with zero attached hydrogens (tertiary/aromatic N) is 4. The Morgan fingerprint density at radius 2 is 1.75 bits per heavy atom. The highest BCUT2D eigenvalue weighted by atomic mass is 32.1. The molecule has 1 aromatic heterocycles. The fourth-order valence-electron chi connectivity index (χ4n) is 8.02. The summed E-state index contributed by atoms with van der Waals surface area (Å²) in [7, 11) is 6.73.